The van der Waals surface area contributed by atoms with Crippen molar-refractivity contribution in [3.8, 4) is 5.19 Å². The average molecular weight is 403 g/mol. The number of hydrogen-bond acceptors (Lipinski definition) is 7. The number of piperazine rings is 1. The Morgan fingerprint density at radius 2 is 1.84 bits per heavy atom. The number of aromatic nitrogens is 2. The van der Waals surface area contributed by atoms with Gasteiger partial charge in [-0.25, -0.2) is 8.42 Å². The van der Waals surface area contributed by atoms with Crippen molar-refractivity contribution in [2.24, 2.45) is 0 Å². The molecule has 1 saturated heterocycles. The Bertz CT molecular complexity index is 802. The monoisotopic (exact) mass is 402 g/mol. The maximum Gasteiger partial charge on any atom is 0.294 e. The third-order valence-corrected chi connectivity index (χ3v) is 6.84. The first-order chi connectivity index (χ1) is 12.0. The molecule has 1 fully saturated rings. The van der Waals surface area contributed by atoms with Crippen molar-refractivity contribution in [3.63, 3.8) is 0 Å². The molecule has 10 heteroatoms. The van der Waals surface area contributed by atoms with Gasteiger partial charge in [0.1, 0.15) is 5.01 Å². The topological polar surface area (TPSA) is 75.6 Å². The molecule has 0 spiro atoms. The van der Waals surface area contributed by atoms with E-state index < -0.39 is 10.0 Å². The van der Waals surface area contributed by atoms with Gasteiger partial charge in [-0.15, -0.1) is 10.2 Å². The third-order valence-electron chi connectivity index (χ3n) is 3.86. The number of hydrogen-bond donors (Lipinski definition) is 0. The highest BCUT2D eigenvalue weighted by Gasteiger charge is 2.28. The van der Waals surface area contributed by atoms with Crippen molar-refractivity contribution in [2.45, 2.75) is 18.4 Å². The summed E-state index contributed by atoms with van der Waals surface area (Å²) in [6.45, 7) is 5.31. The van der Waals surface area contributed by atoms with E-state index in [0.717, 1.165) is 5.01 Å². The SMILES string of the molecule is CCOc1nnc(CN2CCN(S(=O)(=O)c3ccc(Cl)cc3)CC2)s1. The molecule has 0 N–H and O–H groups in total. The van der Waals surface area contributed by atoms with Crippen LogP contribution in [0.2, 0.25) is 5.02 Å². The molecule has 0 bridgehead atoms. The van der Waals surface area contributed by atoms with E-state index in [2.05, 4.69) is 15.1 Å². The molecular weight excluding hydrogens is 384 g/mol. The van der Waals surface area contributed by atoms with Gasteiger partial charge in [-0.05, 0) is 31.2 Å². The molecule has 1 aromatic carbocycles. The molecule has 25 heavy (non-hydrogen) atoms. The Labute approximate surface area is 156 Å². The molecule has 1 aromatic heterocycles. The van der Waals surface area contributed by atoms with E-state index in [1.165, 1.54) is 15.6 Å². The lowest BCUT2D eigenvalue weighted by atomic mass is 10.3. The fraction of sp³-hybridized carbons (Fsp3) is 0.467. The first kappa shape index (κ1) is 18.5. The van der Waals surface area contributed by atoms with E-state index >= 15 is 0 Å². The summed E-state index contributed by atoms with van der Waals surface area (Å²) in [4.78, 5) is 2.44. The molecule has 2 aromatic rings. The Morgan fingerprint density at radius 1 is 1.16 bits per heavy atom. The van der Waals surface area contributed by atoms with Crippen LogP contribution in [0.3, 0.4) is 0 Å². The number of rotatable bonds is 6. The number of nitrogens with zero attached hydrogens (tertiary/aromatic N) is 4. The number of benzene rings is 1. The smallest absolute Gasteiger partial charge is 0.294 e. The van der Waals surface area contributed by atoms with Gasteiger partial charge in [-0.2, -0.15) is 4.31 Å². The zero-order chi connectivity index (χ0) is 17.9. The Hall–Kier alpha value is -1.26. The molecule has 0 radical (unpaired) electrons. The minimum absolute atomic E-state index is 0.274. The lowest BCUT2D eigenvalue weighted by molar-refractivity contribution is 0.181. The zero-order valence-corrected chi connectivity index (χ0v) is 16.1. The van der Waals surface area contributed by atoms with Gasteiger partial charge in [0.25, 0.3) is 5.19 Å². The predicted molar refractivity (Wildman–Crippen MR) is 96.6 cm³/mol. The summed E-state index contributed by atoms with van der Waals surface area (Å²) in [6.07, 6.45) is 0. The number of ether oxygens (including phenoxy) is 1. The molecular formula is C15H19ClN4O3S2. The van der Waals surface area contributed by atoms with Gasteiger partial charge in [-0.3, -0.25) is 4.90 Å². The Morgan fingerprint density at radius 3 is 2.48 bits per heavy atom. The minimum Gasteiger partial charge on any atom is -0.469 e. The van der Waals surface area contributed by atoms with Crippen molar-refractivity contribution in [3.05, 3.63) is 34.3 Å². The fourth-order valence-corrected chi connectivity index (χ4v) is 4.90. The molecule has 2 heterocycles. The quantitative estimate of drug-likeness (QED) is 0.736. The second-order valence-electron chi connectivity index (χ2n) is 5.53. The van der Waals surface area contributed by atoms with E-state index in [1.54, 1.807) is 24.3 Å². The third kappa shape index (κ3) is 4.48. The van der Waals surface area contributed by atoms with Crippen LogP contribution in [0.4, 0.5) is 0 Å². The van der Waals surface area contributed by atoms with Gasteiger partial charge in [0.05, 0.1) is 18.0 Å². The van der Waals surface area contributed by atoms with E-state index in [-0.39, 0.29) is 4.90 Å². The van der Waals surface area contributed by atoms with Crippen molar-refractivity contribution < 1.29 is 13.2 Å². The summed E-state index contributed by atoms with van der Waals surface area (Å²) < 4.78 is 32.2. The van der Waals surface area contributed by atoms with Crippen LogP contribution in [0.25, 0.3) is 0 Å². The summed E-state index contributed by atoms with van der Waals surface area (Å²) in [7, 11) is -3.48. The maximum absolute atomic E-state index is 12.7. The van der Waals surface area contributed by atoms with Gasteiger partial charge < -0.3 is 4.74 Å². The predicted octanol–water partition coefficient (Wildman–Crippen LogP) is 2.10. The molecule has 1 aliphatic heterocycles. The summed E-state index contributed by atoms with van der Waals surface area (Å²) >= 11 is 7.26. The van der Waals surface area contributed by atoms with Gasteiger partial charge in [0.2, 0.25) is 10.0 Å². The van der Waals surface area contributed by atoms with Crippen LogP contribution in [0.1, 0.15) is 11.9 Å². The lowest BCUT2D eigenvalue weighted by Crippen LogP contribution is -2.48. The van der Waals surface area contributed by atoms with Crippen LogP contribution >= 0.6 is 22.9 Å². The normalized spacial score (nSPS) is 16.9. The highest BCUT2D eigenvalue weighted by atomic mass is 35.5. The highest BCUT2D eigenvalue weighted by molar-refractivity contribution is 7.89. The lowest BCUT2D eigenvalue weighted by Gasteiger charge is -2.33. The second-order valence-corrected chi connectivity index (χ2v) is 8.93. The minimum atomic E-state index is -3.48. The van der Waals surface area contributed by atoms with Crippen molar-refractivity contribution in [2.75, 3.05) is 32.8 Å². The van der Waals surface area contributed by atoms with Crippen molar-refractivity contribution >= 4 is 33.0 Å². The standard InChI is InChI=1S/C15H19ClN4O3S2/c1-2-23-15-18-17-14(24-15)11-19-7-9-20(10-8-19)25(21,22)13-5-3-12(16)4-6-13/h3-6H,2,7-11H2,1H3. The molecule has 136 valence electrons. The second kappa shape index (κ2) is 7.96. The van der Waals surface area contributed by atoms with Gasteiger partial charge in [-0.1, -0.05) is 22.9 Å². The van der Waals surface area contributed by atoms with Gasteiger partial charge in [0, 0.05) is 31.2 Å². The van der Waals surface area contributed by atoms with E-state index in [0.29, 0.717) is 49.5 Å². The van der Waals surface area contributed by atoms with E-state index in [1.807, 2.05) is 6.92 Å². The summed E-state index contributed by atoms with van der Waals surface area (Å²) in [5.41, 5.74) is 0. The van der Waals surface area contributed by atoms with Crippen LogP contribution < -0.4 is 4.74 Å². The summed E-state index contributed by atoms with van der Waals surface area (Å²) in [5, 5.41) is 10.0. The zero-order valence-electron chi connectivity index (χ0n) is 13.8. The molecule has 0 aliphatic carbocycles. The molecule has 0 atom stereocenters. The molecule has 7 nitrogen and oxygen atoms in total. The number of halogens is 1. The molecule has 3 rings (SSSR count). The van der Waals surface area contributed by atoms with Crippen molar-refractivity contribution in [1.29, 1.82) is 0 Å². The fourth-order valence-electron chi connectivity index (χ4n) is 2.56. The Kier molecular flexibility index (Phi) is 5.90. The Balaban J connectivity index is 1.58. The highest BCUT2D eigenvalue weighted by Crippen LogP contribution is 2.22. The van der Waals surface area contributed by atoms with Crippen LogP contribution in [-0.2, 0) is 16.6 Å². The molecule has 0 amide bonds. The average Bonchev–Trinajstić information content (AvgIpc) is 3.03. The first-order valence-corrected chi connectivity index (χ1v) is 10.6. The largest absolute Gasteiger partial charge is 0.469 e. The van der Waals surface area contributed by atoms with E-state index in [9.17, 15) is 8.42 Å². The van der Waals surface area contributed by atoms with Crippen molar-refractivity contribution in [1.82, 2.24) is 19.4 Å². The molecule has 0 unspecified atom stereocenters. The number of sulfonamides is 1. The van der Waals surface area contributed by atoms with Crippen LogP contribution in [0.5, 0.6) is 5.19 Å². The van der Waals surface area contributed by atoms with Gasteiger partial charge >= 0.3 is 0 Å². The molecule has 1 aliphatic rings. The summed E-state index contributed by atoms with van der Waals surface area (Å²) in [6, 6.07) is 6.27. The van der Waals surface area contributed by atoms with Gasteiger partial charge in [0.15, 0.2) is 0 Å². The van der Waals surface area contributed by atoms with Crippen LogP contribution in [0, 0.1) is 0 Å². The maximum atomic E-state index is 12.7. The van der Waals surface area contributed by atoms with E-state index in [4.69, 9.17) is 16.3 Å². The molecule has 0 saturated carbocycles. The first-order valence-electron chi connectivity index (χ1n) is 7.92. The van der Waals surface area contributed by atoms with Crippen LogP contribution in [-0.4, -0.2) is 60.6 Å². The van der Waals surface area contributed by atoms with Crippen LogP contribution in [0.15, 0.2) is 29.2 Å². The summed E-state index contributed by atoms with van der Waals surface area (Å²) in [5.74, 6) is 0.